The lowest BCUT2D eigenvalue weighted by atomic mass is 10.3. The molecule has 0 N–H and O–H groups in total. The Balaban J connectivity index is 1.95. The van der Waals surface area contributed by atoms with Crippen molar-refractivity contribution < 1.29 is 18.3 Å². The molecule has 18 heavy (non-hydrogen) atoms. The second-order valence-corrected chi connectivity index (χ2v) is 8.19. The van der Waals surface area contributed by atoms with Crippen LogP contribution in [0.1, 0.15) is 33.1 Å². The fourth-order valence-electron chi connectivity index (χ4n) is 2.00. The van der Waals surface area contributed by atoms with E-state index in [0.717, 1.165) is 45.5 Å². The summed E-state index contributed by atoms with van der Waals surface area (Å²) in [4.78, 5) is 0. The minimum absolute atomic E-state index is 0.386. The molecule has 0 radical (unpaired) electrons. The Kier molecular flexibility index (Phi) is 8.09. The van der Waals surface area contributed by atoms with Crippen LogP contribution in [-0.4, -0.2) is 47.7 Å². The summed E-state index contributed by atoms with van der Waals surface area (Å²) in [7, 11) is -1.89. The van der Waals surface area contributed by atoms with Gasteiger partial charge in [-0.3, -0.25) is 0 Å². The van der Waals surface area contributed by atoms with Gasteiger partial charge in [0.25, 0.3) is 0 Å². The molecule has 0 bridgehead atoms. The van der Waals surface area contributed by atoms with E-state index in [4.69, 9.17) is 18.3 Å². The molecule has 1 rings (SSSR count). The lowest BCUT2D eigenvalue weighted by Gasteiger charge is -2.25. The van der Waals surface area contributed by atoms with Gasteiger partial charge in [-0.25, -0.2) is 0 Å². The Morgan fingerprint density at radius 3 is 2.33 bits per heavy atom. The fourth-order valence-corrected chi connectivity index (χ4v) is 4.49. The third-order valence-electron chi connectivity index (χ3n) is 3.03. The molecule has 0 aromatic carbocycles. The van der Waals surface area contributed by atoms with Gasteiger partial charge in [0.05, 0.1) is 13.2 Å². The highest BCUT2D eigenvalue weighted by atomic mass is 28.4. The molecule has 5 heteroatoms. The van der Waals surface area contributed by atoms with Crippen molar-refractivity contribution in [3.63, 3.8) is 0 Å². The summed E-state index contributed by atoms with van der Waals surface area (Å²) in [6.07, 6.45) is 3.87. The highest BCUT2D eigenvalue weighted by Gasteiger charge is 2.29. The number of unbranched alkanes of at least 4 members (excludes halogenated alkanes) is 2. The Morgan fingerprint density at radius 2 is 1.78 bits per heavy atom. The lowest BCUT2D eigenvalue weighted by molar-refractivity contribution is 0.113. The van der Waals surface area contributed by atoms with Crippen LogP contribution >= 0.6 is 0 Å². The maximum absolute atomic E-state index is 5.81. The van der Waals surface area contributed by atoms with Crippen molar-refractivity contribution >= 4 is 8.56 Å². The van der Waals surface area contributed by atoms with Crippen LogP contribution in [0.25, 0.3) is 0 Å². The molecule has 0 amide bonds. The lowest BCUT2D eigenvalue weighted by Crippen LogP contribution is -2.38. The van der Waals surface area contributed by atoms with Crippen LogP contribution in [0, 0.1) is 0 Å². The first-order chi connectivity index (χ1) is 8.70. The molecule has 1 unspecified atom stereocenters. The number of epoxide rings is 1. The van der Waals surface area contributed by atoms with Crippen molar-refractivity contribution in [2.24, 2.45) is 0 Å². The Morgan fingerprint density at radius 1 is 1.11 bits per heavy atom. The topological polar surface area (TPSA) is 40.2 Å². The molecule has 1 atom stereocenters. The largest absolute Gasteiger partial charge is 0.395 e. The van der Waals surface area contributed by atoms with Gasteiger partial charge in [0.2, 0.25) is 0 Å². The summed E-state index contributed by atoms with van der Waals surface area (Å²) in [5.74, 6) is 0. The minimum atomic E-state index is -1.89. The van der Waals surface area contributed by atoms with Crippen molar-refractivity contribution in [1.29, 1.82) is 0 Å². The standard InChI is InChI=1S/C13H28O4Si/c1-4-16-18(3,17-5-2)10-8-6-7-9-14-11-13-12-15-13/h13H,4-12H2,1-3H3. The van der Waals surface area contributed by atoms with Crippen molar-refractivity contribution in [3.8, 4) is 0 Å². The molecule has 0 spiro atoms. The molecular weight excluding hydrogens is 248 g/mol. The van der Waals surface area contributed by atoms with Crippen molar-refractivity contribution in [2.45, 2.75) is 51.8 Å². The van der Waals surface area contributed by atoms with Crippen LogP contribution < -0.4 is 0 Å². The molecule has 1 saturated heterocycles. The van der Waals surface area contributed by atoms with Gasteiger partial charge in [0.15, 0.2) is 0 Å². The molecule has 108 valence electrons. The Labute approximate surface area is 112 Å². The quantitative estimate of drug-likeness (QED) is 0.312. The number of hydrogen-bond donors (Lipinski definition) is 0. The first-order valence-corrected chi connectivity index (χ1v) is 9.70. The van der Waals surface area contributed by atoms with E-state index in [1.54, 1.807) is 0 Å². The first-order valence-electron chi connectivity index (χ1n) is 7.17. The van der Waals surface area contributed by atoms with Gasteiger partial charge in [-0.05, 0) is 32.9 Å². The monoisotopic (exact) mass is 276 g/mol. The van der Waals surface area contributed by atoms with Crippen LogP contribution in [0.15, 0.2) is 0 Å². The summed E-state index contributed by atoms with van der Waals surface area (Å²) in [6, 6.07) is 1.08. The zero-order valence-corrected chi connectivity index (χ0v) is 13.1. The zero-order chi connectivity index (χ0) is 13.3. The molecule has 1 aliphatic rings. The smallest absolute Gasteiger partial charge is 0.334 e. The third kappa shape index (κ3) is 7.48. The molecule has 0 aliphatic carbocycles. The maximum Gasteiger partial charge on any atom is 0.334 e. The molecular formula is C13H28O4Si. The van der Waals surface area contributed by atoms with Crippen LogP contribution in [-0.2, 0) is 18.3 Å². The van der Waals surface area contributed by atoms with Crippen molar-refractivity contribution in [1.82, 2.24) is 0 Å². The van der Waals surface area contributed by atoms with E-state index in [0.29, 0.717) is 6.10 Å². The van der Waals surface area contributed by atoms with E-state index in [9.17, 15) is 0 Å². The molecule has 0 saturated carbocycles. The third-order valence-corrected chi connectivity index (χ3v) is 6.09. The first kappa shape index (κ1) is 16.1. The van der Waals surface area contributed by atoms with E-state index < -0.39 is 8.56 Å². The Hall–Kier alpha value is 0.0569. The van der Waals surface area contributed by atoms with Gasteiger partial charge in [-0.2, -0.15) is 0 Å². The van der Waals surface area contributed by atoms with Crippen LogP contribution in [0.2, 0.25) is 12.6 Å². The highest BCUT2D eigenvalue weighted by molar-refractivity contribution is 6.66. The van der Waals surface area contributed by atoms with Gasteiger partial charge in [0, 0.05) is 19.8 Å². The predicted molar refractivity (Wildman–Crippen MR) is 74.1 cm³/mol. The molecule has 1 fully saturated rings. The normalized spacial score (nSPS) is 19.2. The van der Waals surface area contributed by atoms with Crippen molar-refractivity contribution in [3.05, 3.63) is 0 Å². The highest BCUT2D eigenvalue weighted by Crippen LogP contribution is 2.18. The Bertz CT molecular complexity index is 203. The summed E-state index contributed by atoms with van der Waals surface area (Å²) < 4.78 is 22.2. The predicted octanol–water partition coefficient (Wildman–Crippen LogP) is 2.72. The second kappa shape index (κ2) is 9.04. The van der Waals surface area contributed by atoms with Crippen LogP contribution in [0.4, 0.5) is 0 Å². The average molecular weight is 276 g/mol. The van der Waals surface area contributed by atoms with E-state index in [-0.39, 0.29) is 0 Å². The summed E-state index contributed by atoms with van der Waals surface area (Å²) in [6.45, 7) is 10.3. The van der Waals surface area contributed by atoms with E-state index in [2.05, 4.69) is 6.55 Å². The molecule has 0 aromatic heterocycles. The molecule has 4 nitrogen and oxygen atoms in total. The molecule has 0 aromatic rings. The summed E-state index contributed by atoms with van der Waals surface area (Å²) >= 11 is 0. The summed E-state index contributed by atoms with van der Waals surface area (Å²) in [5, 5.41) is 0. The minimum Gasteiger partial charge on any atom is -0.395 e. The van der Waals surface area contributed by atoms with Gasteiger partial charge in [-0.15, -0.1) is 0 Å². The van der Waals surface area contributed by atoms with Gasteiger partial charge < -0.3 is 18.3 Å². The number of ether oxygens (including phenoxy) is 2. The summed E-state index contributed by atoms with van der Waals surface area (Å²) in [5.41, 5.74) is 0. The SMILES string of the molecule is CCO[Si](C)(CCCCCOCC1CO1)OCC. The zero-order valence-electron chi connectivity index (χ0n) is 12.1. The average Bonchev–Trinajstić information content (AvgIpc) is 3.12. The number of rotatable bonds is 12. The van der Waals surface area contributed by atoms with Gasteiger partial charge >= 0.3 is 8.56 Å². The molecule has 1 aliphatic heterocycles. The van der Waals surface area contributed by atoms with Crippen LogP contribution in [0.3, 0.4) is 0 Å². The van der Waals surface area contributed by atoms with Gasteiger partial charge in [0.1, 0.15) is 6.10 Å². The maximum atomic E-state index is 5.81. The van der Waals surface area contributed by atoms with Crippen LogP contribution in [0.5, 0.6) is 0 Å². The van der Waals surface area contributed by atoms with E-state index >= 15 is 0 Å². The van der Waals surface area contributed by atoms with E-state index in [1.807, 2.05) is 13.8 Å². The van der Waals surface area contributed by atoms with Gasteiger partial charge in [-0.1, -0.05) is 12.8 Å². The number of hydrogen-bond acceptors (Lipinski definition) is 4. The van der Waals surface area contributed by atoms with Crippen molar-refractivity contribution in [2.75, 3.05) is 33.0 Å². The van der Waals surface area contributed by atoms with E-state index in [1.165, 1.54) is 12.8 Å². The second-order valence-electron chi connectivity index (χ2n) is 4.84. The fraction of sp³-hybridized carbons (Fsp3) is 1.00. The molecule has 1 heterocycles.